The number of rotatable bonds is 2. The van der Waals surface area contributed by atoms with E-state index < -0.39 is 0 Å². The fourth-order valence-corrected chi connectivity index (χ4v) is 2.18. The van der Waals surface area contributed by atoms with E-state index in [-0.39, 0.29) is 12.1 Å². The molecule has 3 nitrogen and oxygen atoms in total. The molecule has 0 aliphatic carbocycles. The van der Waals surface area contributed by atoms with Crippen LogP contribution in [0.4, 0.5) is 0 Å². The molecule has 0 spiro atoms. The number of carbonyl (C=O) groups is 1. The van der Waals surface area contributed by atoms with Crippen LogP contribution >= 0.6 is 0 Å². The first-order valence-electron chi connectivity index (χ1n) is 5.73. The summed E-state index contributed by atoms with van der Waals surface area (Å²) in [5, 5.41) is 0. The zero-order valence-electron chi connectivity index (χ0n) is 9.92. The smallest absolute Gasteiger partial charge is 0.339 e. The number of carbonyl (C=O) groups excluding carboxylic acids is 1. The molecule has 0 saturated carbocycles. The molecular weight excluding hydrogens is 228 g/mol. The van der Waals surface area contributed by atoms with Crippen molar-refractivity contribution in [1.82, 2.24) is 0 Å². The molecule has 0 saturated heterocycles. The molecule has 2 aromatic rings. The van der Waals surface area contributed by atoms with Gasteiger partial charge in [-0.2, -0.15) is 0 Å². The third-order valence-electron chi connectivity index (χ3n) is 3.09. The molecule has 0 unspecified atom stereocenters. The van der Waals surface area contributed by atoms with Crippen molar-refractivity contribution in [2.24, 2.45) is 0 Å². The van der Waals surface area contributed by atoms with Crippen molar-refractivity contribution in [2.45, 2.75) is 6.10 Å². The summed E-state index contributed by atoms with van der Waals surface area (Å²) in [7, 11) is 1.61. The number of ether oxygens (including phenoxy) is 2. The first-order chi connectivity index (χ1) is 8.79. The van der Waals surface area contributed by atoms with Gasteiger partial charge in [0, 0.05) is 5.56 Å². The molecule has 3 rings (SSSR count). The van der Waals surface area contributed by atoms with Gasteiger partial charge in [0.2, 0.25) is 0 Å². The van der Waals surface area contributed by atoms with Gasteiger partial charge >= 0.3 is 5.97 Å². The van der Waals surface area contributed by atoms with Crippen LogP contribution in [0.1, 0.15) is 27.6 Å². The molecule has 2 aromatic carbocycles. The van der Waals surface area contributed by atoms with Crippen molar-refractivity contribution in [3.8, 4) is 5.75 Å². The first kappa shape index (κ1) is 10.8. The summed E-state index contributed by atoms with van der Waals surface area (Å²) in [6, 6.07) is 15.1. The molecule has 90 valence electrons. The highest BCUT2D eigenvalue weighted by atomic mass is 16.5. The van der Waals surface area contributed by atoms with Gasteiger partial charge in [-0.05, 0) is 23.8 Å². The monoisotopic (exact) mass is 240 g/mol. The fraction of sp³-hybridized carbons (Fsp3) is 0.133. The highest BCUT2D eigenvalue weighted by molar-refractivity contribution is 5.94. The zero-order valence-corrected chi connectivity index (χ0v) is 9.92. The Kier molecular flexibility index (Phi) is 2.52. The predicted molar refractivity (Wildman–Crippen MR) is 66.7 cm³/mol. The Labute approximate surface area is 105 Å². The van der Waals surface area contributed by atoms with Gasteiger partial charge in [-0.15, -0.1) is 0 Å². The van der Waals surface area contributed by atoms with Gasteiger partial charge in [-0.25, -0.2) is 4.79 Å². The Morgan fingerprint density at radius 3 is 2.61 bits per heavy atom. The SMILES string of the molecule is COc1ccc2c(c1)[C@H](c1ccccc1)OC2=O. The van der Waals surface area contributed by atoms with Gasteiger partial charge in [0.1, 0.15) is 5.75 Å². The average molecular weight is 240 g/mol. The van der Waals surface area contributed by atoms with E-state index in [0.29, 0.717) is 5.56 Å². The molecule has 1 aliphatic rings. The summed E-state index contributed by atoms with van der Waals surface area (Å²) in [6.45, 7) is 0. The minimum absolute atomic E-state index is 0.276. The van der Waals surface area contributed by atoms with Gasteiger partial charge in [-0.3, -0.25) is 0 Å². The second kappa shape index (κ2) is 4.18. The van der Waals surface area contributed by atoms with Crippen molar-refractivity contribution in [3.05, 3.63) is 65.2 Å². The molecule has 18 heavy (non-hydrogen) atoms. The Morgan fingerprint density at radius 1 is 1.11 bits per heavy atom. The minimum atomic E-state index is -0.330. The van der Waals surface area contributed by atoms with Crippen molar-refractivity contribution in [1.29, 1.82) is 0 Å². The Bertz CT molecular complexity index is 590. The Hall–Kier alpha value is -2.29. The summed E-state index contributed by atoms with van der Waals surface area (Å²) in [6.07, 6.45) is -0.330. The lowest BCUT2D eigenvalue weighted by atomic mass is 9.99. The lowest BCUT2D eigenvalue weighted by molar-refractivity contribution is 0.0455. The molecule has 0 amide bonds. The third kappa shape index (κ3) is 1.64. The number of hydrogen-bond acceptors (Lipinski definition) is 3. The maximum absolute atomic E-state index is 11.8. The van der Waals surface area contributed by atoms with Crippen molar-refractivity contribution in [3.63, 3.8) is 0 Å². The van der Waals surface area contributed by atoms with Crippen LogP contribution in [0, 0.1) is 0 Å². The van der Waals surface area contributed by atoms with Crippen molar-refractivity contribution >= 4 is 5.97 Å². The quantitative estimate of drug-likeness (QED) is 0.757. The minimum Gasteiger partial charge on any atom is -0.497 e. The van der Waals surface area contributed by atoms with Crippen LogP contribution in [-0.2, 0) is 4.74 Å². The van der Waals surface area contributed by atoms with E-state index in [1.807, 2.05) is 36.4 Å². The lowest BCUT2D eigenvalue weighted by Crippen LogP contribution is -2.00. The largest absolute Gasteiger partial charge is 0.497 e. The average Bonchev–Trinajstić information content (AvgIpc) is 2.76. The predicted octanol–water partition coefficient (Wildman–Crippen LogP) is 2.96. The lowest BCUT2D eigenvalue weighted by Gasteiger charge is -2.11. The molecule has 0 bridgehead atoms. The highest BCUT2D eigenvalue weighted by Gasteiger charge is 2.32. The van der Waals surface area contributed by atoms with E-state index in [1.165, 1.54) is 0 Å². The second-order valence-corrected chi connectivity index (χ2v) is 4.15. The van der Waals surface area contributed by atoms with Gasteiger partial charge in [0.15, 0.2) is 6.10 Å². The van der Waals surface area contributed by atoms with E-state index in [1.54, 1.807) is 19.2 Å². The van der Waals surface area contributed by atoms with E-state index in [4.69, 9.17) is 9.47 Å². The molecule has 1 aliphatic heterocycles. The maximum Gasteiger partial charge on any atom is 0.339 e. The summed E-state index contributed by atoms with van der Waals surface area (Å²) >= 11 is 0. The van der Waals surface area contributed by atoms with Crippen LogP contribution in [0.25, 0.3) is 0 Å². The number of esters is 1. The fourth-order valence-electron chi connectivity index (χ4n) is 2.18. The Morgan fingerprint density at radius 2 is 1.89 bits per heavy atom. The van der Waals surface area contributed by atoms with Gasteiger partial charge in [0.05, 0.1) is 12.7 Å². The van der Waals surface area contributed by atoms with Crippen LogP contribution in [0.3, 0.4) is 0 Å². The third-order valence-corrected chi connectivity index (χ3v) is 3.09. The van der Waals surface area contributed by atoms with E-state index in [0.717, 1.165) is 16.9 Å². The summed E-state index contributed by atoms with van der Waals surface area (Å²) in [4.78, 5) is 11.8. The molecule has 0 aromatic heterocycles. The van der Waals surface area contributed by atoms with E-state index >= 15 is 0 Å². The maximum atomic E-state index is 11.8. The van der Waals surface area contributed by atoms with Crippen molar-refractivity contribution < 1.29 is 14.3 Å². The van der Waals surface area contributed by atoms with Crippen LogP contribution in [0.2, 0.25) is 0 Å². The Balaban J connectivity index is 2.10. The zero-order chi connectivity index (χ0) is 12.5. The molecule has 3 heteroatoms. The molecular formula is C15H12O3. The normalized spacial score (nSPS) is 17.2. The topological polar surface area (TPSA) is 35.5 Å². The number of methoxy groups -OCH3 is 1. The first-order valence-corrected chi connectivity index (χ1v) is 5.73. The van der Waals surface area contributed by atoms with Gasteiger partial charge < -0.3 is 9.47 Å². The summed E-state index contributed by atoms with van der Waals surface area (Å²) < 4.78 is 10.6. The standard InChI is InChI=1S/C15H12O3/c1-17-11-7-8-12-13(9-11)14(18-15(12)16)10-5-3-2-4-6-10/h2-9,14H,1H3/t14-/m0/s1. The van der Waals surface area contributed by atoms with Crippen LogP contribution < -0.4 is 4.74 Å². The highest BCUT2D eigenvalue weighted by Crippen LogP contribution is 2.37. The van der Waals surface area contributed by atoms with Crippen LogP contribution in [0.5, 0.6) is 5.75 Å². The van der Waals surface area contributed by atoms with Crippen molar-refractivity contribution in [2.75, 3.05) is 7.11 Å². The number of benzene rings is 2. The summed E-state index contributed by atoms with van der Waals surface area (Å²) in [5.74, 6) is 0.453. The van der Waals surface area contributed by atoms with Gasteiger partial charge in [0.25, 0.3) is 0 Å². The molecule has 0 N–H and O–H groups in total. The molecule has 1 atom stereocenters. The molecule has 0 radical (unpaired) electrons. The van der Waals surface area contributed by atoms with Crippen LogP contribution in [-0.4, -0.2) is 13.1 Å². The summed E-state index contributed by atoms with van der Waals surface area (Å²) in [5.41, 5.74) is 2.45. The van der Waals surface area contributed by atoms with Crippen LogP contribution in [0.15, 0.2) is 48.5 Å². The number of cyclic esters (lactones) is 1. The number of fused-ring (bicyclic) bond motifs is 1. The van der Waals surface area contributed by atoms with E-state index in [2.05, 4.69) is 0 Å². The molecule has 0 fully saturated rings. The van der Waals surface area contributed by atoms with Gasteiger partial charge in [-0.1, -0.05) is 30.3 Å². The second-order valence-electron chi connectivity index (χ2n) is 4.15. The van der Waals surface area contributed by atoms with E-state index in [9.17, 15) is 4.79 Å². The number of hydrogen-bond donors (Lipinski definition) is 0. The molecule has 1 heterocycles.